The molecule has 2 atom stereocenters. The molecule has 0 saturated carbocycles. The Morgan fingerprint density at radius 2 is 1.83 bits per heavy atom. The van der Waals surface area contributed by atoms with Crippen LogP contribution in [-0.4, -0.2) is 24.7 Å². The summed E-state index contributed by atoms with van der Waals surface area (Å²) < 4.78 is 11.3. The Kier molecular flexibility index (Phi) is 4.93. The number of ether oxygens (including phenoxy) is 2. The van der Waals surface area contributed by atoms with Crippen LogP contribution in [0.4, 0.5) is 0 Å². The summed E-state index contributed by atoms with van der Waals surface area (Å²) in [5.41, 5.74) is 0.621. The van der Waals surface area contributed by atoms with Gasteiger partial charge in [0.15, 0.2) is 0 Å². The van der Waals surface area contributed by atoms with E-state index in [4.69, 9.17) is 9.47 Å². The molecule has 1 saturated heterocycles. The Bertz CT molecular complexity index is 633. The van der Waals surface area contributed by atoms with Crippen LogP contribution >= 0.6 is 0 Å². The second-order valence-electron chi connectivity index (χ2n) is 5.75. The molecule has 0 unspecified atom stereocenters. The molecule has 1 fully saturated rings. The molecular weight excluding hydrogens is 290 g/mol. The minimum atomic E-state index is -0.0840. The number of para-hydroxylation sites is 1. The van der Waals surface area contributed by atoms with Crippen LogP contribution in [0.15, 0.2) is 54.6 Å². The second-order valence-corrected chi connectivity index (χ2v) is 5.75. The Morgan fingerprint density at radius 1 is 1.13 bits per heavy atom. The Hall–Kier alpha value is -2.33. The van der Waals surface area contributed by atoms with E-state index in [9.17, 15) is 4.79 Å². The molecular formula is C19H21NO3. The first-order valence-corrected chi connectivity index (χ1v) is 7.98. The van der Waals surface area contributed by atoms with Gasteiger partial charge in [0.25, 0.3) is 5.91 Å². The van der Waals surface area contributed by atoms with Gasteiger partial charge in [-0.05, 0) is 56.2 Å². The molecule has 2 aromatic carbocycles. The maximum atomic E-state index is 12.3. The van der Waals surface area contributed by atoms with Crippen molar-refractivity contribution in [1.29, 1.82) is 0 Å². The zero-order chi connectivity index (χ0) is 16.1. The summed E-state index contributed by atoms with van der Waals surface area (Å²) in [5.74, 6) is 1.40. The van der Waals surface area contributed by atoms with Gasteiger partial charge in [-0.25, -0.2) is 0 Å². The van der Waals surface area contributed by atoms with E-state index in [0.717, 1.165) is 25.2 Å². The Labute approximate surface area is 136 Å². The lowest BCUT2D eigenvalue weighted by molar-refractivity contribution is 0.0712. The minimum Gasteiger partial charge on any atom is -0.457 e. The van der Waals surface area contributed by atoms with Crippen molar-refractivity contribution >= 4 is 5.91 Å². The number of benzene rings is 2. The normalized spacial score (nSPS) is 18.4. The van der Waals surface area contributed by atoms with Crippen molar-refractivity contribution in [2.45, 2.75) is 31.9 Å². The SMILES string of the molecule is C[C@H](NC(=O)c1ccc(Oc2ccccc2)cc1)[C@@H]1CCCO1. The summed E-state index contributed by atoms with van der Waals surface area (Å²) in [5, 5.41) is 3.00. The van der Waals surface area contributed by atoms with Crippen LogP contribution < -0.4 is 10.1 Å². The number of carbonyl (C=O) groups excluding carboxylic acids is 1. The van der Waals surface area contributed by atoms with E-state index < -0.39 is 0 Å². The van der Waals surface area contributed by atoms with Crippen molar-refractivity contribution in [2.24, 2.45) is 0 Å². The highest BCUT2D eigenvalue weighted by molar-refractivity contribution is 5.94. The molecule has 0 radical (unpaired) electrons. The quantitative estimate of drug-likeness (QED) is 0.914. The number of hydrogen-bond acceptors (Lipinski definition) is 3. The summed E-state index contributed by atoms with van der Waals surface area (Å²) in [7, 11) is 0. The molecule has 1 heterocycles. The van der Waals surface area contributed by atoms with E-state index >= 15 is 0 Å². The van der Waals surface area contributed by atoms with Crippen molar-refractivity contribution in [3.8, 4) is 11.5 Å². The zero-order valence-electron chi connectivity index (χ0n) is 13.2. The topological polar surface area (TPSA) is 47.6 Å². The number of carbonyl (C=O) groups is 1. The highest BCUT2D eigenvalue weighted by Gasteiger charge is 2.23. The third kappa shape index (κ3) is 4.11. The fraction of sp³-hybridized carbons (Fsp3) is 0.316. The molecule has 1 aliphatic rings. The molecule has 120 valence electrons. The standard InChI is InChI=1S/C19H21NO3/c1-14(18-8-5-13-22-18)20-19(21)15-9-11-17(12-10-15)23-16-6-3-2-4-7-16/h2-4,6-7,9-12,14,18H,5,8,13H2,1H3,(H,20,21)/t14-,18-/m0/s1. The van der Waals surface area contributed by atoms with Gasteiger partial charge in [0.2, 0.25) is 0 Å². The summed E-state index contributed by atoms with van der Waals surface area (Å²) in [6.45, 7) is 2.77. The maximum absolute atomic E-state index is 12.3. The largest absolute Gasteiger partial charge is 0.457 e. The van der Waals surface area contributed by atoms with Crippen LogP contribution in [0.3, 0.4) is 0 Å². The molecule has 0 spiro atoms. The highest BCUT2D eigenvalue weighted by Crippen LogP contribution is 2.21. The first-order valence-electron chi connectivity index (χ1n) is 7.98. The van der Waals surface area contributed by atoms with Crippen LogP contribution in [-0.2, 0) is 4.74 Å². The molecule has 1 N–H and O–H groups in total. The Balaban J connectivity index is 1.59. The zero-order valence-corrected chi connectivity index (χ0v) is 13.2. The summed E-state index contributed by atoms with van der Waals surface area (Å²) >= 11 is 0. The van der Waals surface area contributed by atoms with Crippen LogP contribution in [0.5, 0.6) is 11.5 Å². The predicted molar refractivity (Wildman–Crippen MR) is 88.9 cm³/mol. The van der Waals surface area contributed by atoms with Crippen molar-refractivity contribution in [1.82, 2.24) is 5.32 Å². The van der Waals surface area contributed by atoms with Gasteiger partial charge in [-0.1, -0.05) is 18.2 Å². The molecule has 0 aromatic heterocycles. The number of amides is 1. The third-order valence-corrected chi connectivity index (χ3v) is 3.98. The molecule has 1 aliphatic heterocycles. The second kappa shape index (κ2) is 7.29. The predicted octanol–water partition coefficient (Wildman–Crippen LogP) is 3.78. The fourth-order valence-electron chi connectivity index (χ4n) is 2.68. The van der Waals surface area contributed by atoms with Gasteiger partial charge in [-0.15, -0.1) is 0 Å². The van der Waals surface area contributed by atoms with Gasteiger partial charge >= 0.3 is 0 Å². The van der Waals surface area contributed by atoms with Gasteiger partial charge in [-0.3, -0.25) is 4.79 Å². The van der Waals surface area contributed by atoms with Crippen molar-refractivity contribution in [3.63, 3.8) is 0 Å². The van der Waals surface area contributed by atoms with Crippen LogP contribution in [0, 0.1) is 0 Å². The molecule has 3 rings (SSSR count). The molecule has 23 heavy (non-hydrogen) atoms. The minimum absolute atomic E-state index is 0.0187. The monoisotopic (exact) mass is 311 g/mol. The lowest BCUT2D eigenvalue weighted by Crippen LogP contribution is -2.40. The van der Waals surface area contributed by atoms with Gasteiger partial charge in [0.05, 0.1) is 12.1 Å². The van der Waals surface area contributed by atoms with E-state index in [1.54, 1.807) is 24.3 Å². The third-order valence-electron chi connectivity index (χ3n) is 3.98. The summed E-state index contributed by atoms with van der Waals surface area (Å²) in [4.78, 5) is 12.3. The Morgan fingerprint density at radius 3 is 2.48 bits per heavy atom. The molecule has 4 nitrogen and oxygen atoms in total. The van der Waals surface area contributed by atoms with Crippen LogP contribution in [0.1, 0.15) is 30.1 Å². The molecule has 1 amide bonds. The molecule has 0 bridgehead atoms. The van der Waals surface area contributed by atoms with Crippen LogP contribution in [0.2, 0.25) is 0 Å². The smallest absolute Gasteiger partial charge is 0.251 e. The molecule has 0 aliphatic carbocycles. The number of rotatable bonds is 5. The first-order chi connectivity index (χ1) is 11.2. The molecule has 2 aromatic rings. The van der Waals surface area contributed by atoms with E-state index in [0.29, 0.717) is 11.3 Å². The van der Waals surface area contributed by atoms with E-state index in [-0.39, 0.29) is 18.1 Å². The highest BCUT2D eigenvalue weighted by atomic mass is 16.5. The maximum Gasteiger partial charge on any atom is 0.251 e. The van der Waals surface area contributed by atoms with Gasteiger partial charge in [0.1, 0.15) is 11.5 Å². The van der Waals surface area contributed by atoms with Crippen LogP contribution in [0.25, 0.3) is 0 Å². The lowest BCUT2D eigenvalue weighted by Gasteiger charge is -2.20. The van der Waals surface area contributed by atoms with Crippen molar-refractivity contribution in [3.05, 3.63) is 60.2 Å². The average Bonchev–Trinajstić information content (AvgIpc) is 3.11. The van der Waals surface area contributed by atoms with E-state index in [1.807, 2.05) is 37.3 Å². The fourth-order valence-corrected chi connectivity index (χ4v) is 2.68. The van der Waals surface area contributed by atoms with E-state index in [1.165, 1.54) is 0 Å². The number of hydrogen-bond donors (Lipinski definition) is 1. The van der Waals surface area contributed by atoms with Gasteiger partial charge in [-0.2, -0.15) is 0 Å². The lowest BCUT2D eigenvalue weighted by atomic mass is 10.1. The van der Waals surface area contributed by atoms with Crippen molar-refractivity contribution < 1.29 is 14.3 Å². The summed E-state index contributed by atoms with van der Waals surface area (Å²) in [6, 6.07) is 16.7. The van der Waals surface area contributed by atoms with Crippen molar-refractivity contribution in [2.75, 3.05) is 6.61 Å². The molecule has 4 heteroatoms. The van der Waals surface area contributed by atoms with E-state index in [2.05, 4.69) is 5.32 Å². The van der Waals surface area contributed by atoms with Gasteiger partial charge in [0, 0.05) is 12.2 Å². The number of nitrogens with one attached hydrogen (secondary N) is 1. The summed E-state index contributed by atoms with van der Waals surface area (Å²) in [6.07, 6.45) is 2.20. The first kappa shape index (κ1) is 15.6. The average molecular weight is 311 g/mol. The van der Waals surface area contributed by atoms with Gasteiger partial charge < -0.3 is 14.8 Å².